The van der Waals surface area contributed by atoms with Gasteiger partial charge in [-0.3, -0.25) is 0 Å². The Morgan fingerprint density at radius 2 is 0.816 bits per heavy atom. The highest BCUT2D eigenvalue weighted by molar-refractivity contribution is 6.23. The number of carboxylic acid groups (broad SMARTS) is 4. The van der Waals surface area contributed by atoms with Gasteiger partial charge in [0.05, 0.1) is 22.3 Å². The molecule has 0 aliphatic heterocycles. The van der Waals surface area contributed by atoms with Crippen LogP contribution < -0.4 is 0 Å². The first-order valence-corrected chi connectivity index (χ1v) is 13.7. The molecule has 208 valence electrons. The fourth-order valence-corrected chi connectivity index (χ4v) is 5.27. The third kappa shape index (κ3) is 7.55. The van der Waals surface area contributed by atoms with Gasteiger partial charge in [-0.2, -0.15) is 0 Å². The number of fused-ring (bicyclic) bond motifs is 1. The molecule has 4 N–H and O–H groups in total. The van der Waals surface area contributed by atoms with Crippen molar-refractivity contribution < 1.29 is 39.6 Å². The molecule has 0 amide bonds. The van der Waals surface area contributed by atoms with Gasteiger partial charge in [-0.15, -0.1) is 0 Å². The minimum absolute atomic E-state index is 0.283. The van der Waals surface area contributed by atoms with Gasteiger partial charge < -0.3 is 20.4 Å². The molecule has 0 spiro atoms. The molecular formula is C30H40O8. The number of carboxylic acids is 4. The van der Waals surface area contributed by atoms with E-state index in [1.54, 1.807) is 0 Å². The SMILES string of the molecule is CCCCCCCCc1c(CCCCCCCC)c(C(=O)O)c2c(C(=O)O)ccc(C(=O)O)c2c1C(=O)O. The van der Waals surface area contributed by atoms with E-state index in [-0.39, 0.29) is 34.7 Å². The fraction of sp³-hybridized carbons (Fsp3) is 0.533. The van der Waals surface area contributed by atoms with Crippen LogP contribution in [0.25, 0.3) is 10.8 Å². The Hall–Kier alpha value is -3.42. The summed E-state index contributed by atoms with van der Waals surface area (Å²) in [7, 11) is 0. The molecule has 2 rings (SSSR count). The molecule has 0 aliphatic carbocycles. The van der Waals surface area contributed by atoms with E-state index in [9.17, 15) is 39.6 Å². The van der Waals surface area contributed by atoms with Crippen LogP contribution in [0.3, 0.4) is 0 Å². The summed E-state index contributed by atoms with van der Waals surface area (Å²) >= 11 is 0. The van der Waals surface area contributed by atoms with Crippen molar-refractivity contribution in [1.82, 2.24) is 0 Å². The van der Waals surface area contributed by atoms with Gasteiger partial charge in [-0.25, -0.2) is 19.2 Å². The molecule has 0 fully saturated rings. The third-order valence-corrected chi connectivity index (χ3v) is 7.12. The molecular weight excluding hydrogens is 488 g/mol. The van der Waals surface area contributed by atoms with E-state index in [1.165, 1.54) is 0 Å². The highest BCUT2D eigenvalue weighted by Crippen LogP contribution is 2.38. The minimum atomic E-state index is -1.44. The van der Waals surface area contributed by atoms with Crippen LogP contribution in [0.4, 0.5) is 0 Å². The van der Waals surface area contributed by atoms with Crippen molar-refractivity contribution in [3.63, 3.8) is 0 Å². The molecule has 0 aliphatic rings. The van der Waals surface area contributed by atoms with Crippen LogP contribution in [0, 0.1) is 0 Å². The fourth-order valence-electron chi connectivity index (χ4n) is 5.27. The van der Waals surface area contributed by atoms with Crippen LogP contribution >= 0.6 is 0 Å². The van der Waals surface area contributed by atoms with Crippen molar-refractivity contribution in [2.45, 2.75) is 104 Å². The molecule has 0 saturated heterocycles. The summed E-state index contributed by atoms with van der Waals surface area (Å²) in [5, 5.41) is 39.7. The van der Waals surface area contributed by atoms with Gasteiger partial charge in [0, 0.05) is 10.8 Å². The van der Waals surface area contributed by atoms with Crippen molar-refractivity contribution >= 4 is 34.6 Å². The Balaban J connectivity index is 2.80. The summed E-state index contributed by atoms with van der Waals surface area (Å²) in [5.74, 6) is -5.66. The number of rotatable bonds is 18. The highest BCUT2D eigenvalue weighted by atomic mass is 16.4. The van der Waals surface area contributed by atoms with Crippen LogP contribution in [-0.4, -0.2) is 44.3 Å². The second-order valence-electron chi connectivity index (χ2n) is 9.87. The Morgan fingerprint density at radius 3 is 1.11 bits per heavy atom. The van der Waals surface area contributed by atoms with Gasteiger partial charge in [-0.1, -0.05) is 78.1 Å². The van der Waals surface area contributed by atoms with E-state index < -0.39 is 35.0 Å². The van der Waals surface area contributed by atoms with Crippen LogP contribution in [-0.2, 0) is 12.8 Å². The summed E-state index contributed by atoms with van der Waals surface area (Å²) in [5.41, 5.74) is -0.784. The molecule has 0 atom stereocenters. The molecule has 38 heavy (non-hydrogen) atoms. The normalized spacial score (nSPS) is 11.1. The smallest absolute Gasteiger partial charge is 0.336 e. The number of benzene rings is 2. The molecule has 0 bridgehead atoms. The summed E-state index contributed by atoms with van der Waals surface area (Å²) in [4.78, 5) is 49.6. The first-order valence-electron chi connectivity index (χ1n) is 13.7. The number of aromatic carboxylic acids is 4. The zero-order valence-electron chi connectivity index (χ0n) is 22.5. The maximum absolute atomic E-state index is 12.7. The maximum atomic E-state index is 12.7. The van der Waals surface area contributed by atoms with E-state index in [0.29, 0.717) is 24.0 Å². The van der Waals surface area contributed by atoms with Crippen molar-refractivity contribution in [2.75, 3.05) is 0 Å². The third-order valence-electron chi connectivity index (χ3n) is 7.12. The Labute approximate surface area is 223 Å². The van der Waals surface area contributed by atoms with Crippen LogP contribution in [0.15, 0.2) is 12.1 Å². The zero-order chi connectivity index (χ0) is 28.2. The average Bonchev–Trinajstić information content (AvgIpc) is 2.86. The Morgan fingerprint density at radius 1 is 0.500 bits per heavy atom. The number of unbranched alkanes of at least 4 members (excludes halogenated alkanes) is 10. The van der Waals surface area contributed by atoms with Gasteiger partial charge in [0.25, 0.3) is 0 Å². The van der Waals surface area contributed by atoms with Crippen LogP contribution in [0.1, 0.15) is 143 Å². The molecule has 8 heteroatoms. The molecule has 0 heterocycles. The van der Waals surface area contributed by atoms with Gasteiger partial charge in [0.15, 0.2) is 0 Å². The topological polar surface area (TPSA) is 149 Å². The molecule has 0 aromatic heterocycles. The highest BCUT2D eigenvalue weighted by Gasteiger charge is 2.31. The number of carbonyl (C=O) groups is 4. The van der Waals surface area contributed by atoms with Crippen molar-refractivity contribution in [3.05, 3.63) is 45.5 Å². The van der Waals surface area contributed by atoms with E-state index >= 15 is 0 Å². The number of hydrogen-bond donors (Lipinski definition) is 4. The van der Waals surface area contributed by atoms with Crippen molar-refractivity contribution in [1.29, 1.82) is 0 Å². The zero-order valence-corrected chi connectivity index (χ0v) is 22.5. The Kier molecular flexibility index (Phi) is 12.2. The van der Waals surface area contributed by atoms with Gasteiger partial charge in [-0.05, 0) is 48.9 Å². The summed E-state index contributed by atoms with van der Waals surface area (Å²) in [6.45, 7) is 4.23. The monoisotopic (exact) mass is 528 g/mol. The predicted molar refractivity (Wildman–Crippen MR) is 146 cm³/mol. The van der Waals surface area contributed by atoms with Crippen molar-refractivity contribution in [3.8, 4) is 0 Å². The second kappa shape index (κ2) is 15.1. The molecule has 0 unspecified atom stereocenters. The van der Waals surface area contributed by atoms with Gasteiger partial charge in [0.1, 0.15) is 0 Å². The maximum Gasteiger partial charge on any atom is 0.336 e. The number of hydrogen-bond acceptors (Lipinski definition) is 4. The molecule has 8 nitrogen and oxygen atoms in total. The lowest BCUT2D eigenvalue weighted by Crippen LogP contribution is -2.18. The molecule has 2 aromatic carbocycles. The summed E-state index contributed by atoms with van der Waals surface area (Å²) in [6, 6.07) is 2.10. The first-order chi connectivity index (χ1) is 18.2. The lowest BCUT2D eigenvalue weighted by atomic mass is 9.81. The molecule has 0 saturated carbocycles. The molecule has 0 radical (unpaired) electrons. The first kappa shape index (κ1) is 30.8. The largest absolute Gasteiger partial charge is 0.478 e. The van der Waals surface area contributed by atoms with E-state index in [1.807, 2.05) is 0 Å². The Bertz CT molecular complexity index is 1070. The second-order valence-corrected chi connectivity index (χ2v) is 9.87. The summed E-state index contributed by atoms with van der Waals surface area (Å²) < 4.78 is 0. The van der Waals surface area contributed by atoms with Crippen LogP contribution in [0.5, 0.6) is 0 Å². The minimum Gasteiger partial charge on any atom is -0.478 e. The van der Waals surface area contributed by atoms with E-state index in [4.69, 9.17) is 0 Å². The quantitative estimate of drug-likeness (QED) is 0.146. The molecule has 2 aromatic rings. The lowest BCUT2D eigenvalue weighted by molar-refractivity contribution is 0.0674. The van der Waals surface area contributed by atoms with Crippen molar-refractivity contribution in [2.24, 2.45) is 0 Å². The predicted octanol–water partition coefficient (Wildman–Crippen LogP) is 7.44. The standard InChI is InChI=1S/C30H40O8/c1-3-5-7-9-11-13-15-19-20(16-14-12-10-8-6-4-2)26(30(37)38)24-22(28(33)34)18-17-21(27(31)32)23(24)25(19)29(35)36/h17-18H,3-16H2,1-2H3,(H,31,32)(H,33,34)(H,35,36)(H,37,38). The van der Waals surface area contributed by atoms with Gasteiger partial charge in [0.2, 0.25) is 0 Å². The summed E-state index contributed by atoms with van der Waals surface area (Å²) in [6.07, 6.45) is 11.9. The van der Waals surface area contributed by atoms with E-state index in [0.717, 1.165) is 76.3 Å². The van der Waals surface area contributed by atoms with E-state index in [2.05, 4.69) is 13.8 Å². The van der Waals surface area contributed by atoms with Gasteiger partial charge >= 0.3 is 23.9 Å². The average molecular weight is 529 g/mol. The lowest BCUT2D eigenvalue weighted by Gasteiger charge is -2.21. The van der Waals surface area contributed by atoms with Crippen LogP contribution in [0.2, 0.25) is 0 Å².